The largest absolute Gasteiger partial charge is 0.549 e. The third-order valence-corrected chi connectivity index (χ3v) is 7.78. The number of ketones is 1. The lowest BCUT2D eigenvalue weighted by molar-refractivity contribution is -0.301. The van der Waals surface area contributed by atoms with Gasteiger partial charge in [0.25, 0.3) is 5.56 Å². The van der Waals surface area contributed by atoms with Crippen molar-refractivity contribution in [1.82, 2.24) is 9.38 Å². The van der Waals surface area contributed by atoms with E-state index >= 15 is 0 Å². The van der Waals surface area contributed by atoms with Crippen molar-refractivity contribution in [2.45, 2.75) is 30.6 Å². The molecule has 0 saturated carbocycles. The van der Waals surface area contributed by atoms with E-state index in [0.29, 0.717) is 15.1 Å². The molecule has 0 amide bonds. The van der Waals surface area contributed by atoms with Crippen molar-refractivity contribution in [1.29, 1.82) is 0 Å². The van der Waals surface area contributed by atoms with Crippen molar-refractivity contribution in [3.8, 4) is 5.75 Å². The Morgan fingerprint density at radius 1 is 1.24 bits per heavy atom. The molecule has 0 aliphatic heterocycles. The average Bonchev–Trinajstić information content (AvgIpc) is 3.17. The Morgan fingerprint density at radius 3 is 2.82 bits per heavy atom. The first-order chi connectivity index (χ1) is 15.8. The monoisotopic (exact) mass is 483 g/mol. The summed E-state index contributed by atoms with van der Waals surface area (Å²) in [7, 11) is 0. The summed E-state index contributed by atoms with van der Waals surface area (Å²) in [4.78, 5) is 44.4. The van der Waals surface area contributed by atoms with Crippen LogP contribution in [0.4, 0.5) is 4.39 Å². The van der Waals surface area contributed by atoms with Crippen LogP contribution in [0.15, 0.2) is 40.2 Å². The number of nitrogens with zero attached hydrogens (tertiary/aromatic N) is 2. The predicted octanol–water partition coefficient (Wildman–Crippen LogP) is 2.71. The summed E-state index contributed by atoms with van der Waals surface area (Å²) >= 11 is 2.34. The molecule has 1 N–H and O–H groups in total. The molecule has 0 radical (unpaired) electrons. The van der Waals surface area contributed by atoms with E-state index < -0.39 is 29.1 Å². The molecule has 7 nitrogen and oxygen atoms in total. The van der Waals surface area contributed by atoms with Crippen LogP contribution in [0.25, 0.3) is 15.9 Å². The number of carboxylic acids is 1. The number of carboxylic acid groups (broad SMARTS) is 1. The zero-order valence-electron chi connectivity index (χ0n) is 17.1. The van der Waals surface area contributed by atoms with Gasteiger partial charge in [-0.1, -0.05) is 0 Å². The molecule has 10 heteroatoms. The third kappa shape index (κ3) is 3.79. The van der Waals surface area contributed by atoms with Crippen molar-refractivity contribution in [3.05, 3.63) is 68.2 Å². The molecule has 0 fully saturated rings. The molecule has 1 aliphatic rings. The molecule has 0 atom stereocenters. The number of carbonyl (C=O) groups is 2. The van der Waals surface area contributed by atoms with Gasteiger partial charge in [0.1, 0.15) is 16.4 Å². The van der Waals surface area contributed by atoms with Gasteiger partial charge < -0.3 is 15.0 Å². The van der Waals surface area contributed by atoms with E-state index in [9.17, 15) is 29.0 Å². The summed E-state index contributed by atoms with van der Waals surface area (Å²) < 4.78 is 15.0. The summed E-state index contributed by atoms with van der Waals surface area (Å²) in [6.07, 6.45) is 4.99. The first-order valence-corrected chi connectivity index (χ1v) is 12.0. The fourth-order valence-electron chi connectivity index (χ4n) is 4.11. The topological polar surface area (TPSA) is 112 Å². The minimum atomic E-state index is -1.31. The van der Waals surface area contributed by atoms with Gasteiger partial charge >= 0.3 is 0 Å². The second kappa shape index (κ2) is 8.27. The Kier molecular flexibility index (Phi) is 5.41. The van der Waals surface area contributed by atoms with E-state index in [0.717, 1.165) is 66.1 Å². The van der Waals surface area contributed by atoms with E-state index in [4.69, 9.17) is 0 Å². The number of carbonyl (C=O) groups excluding carboxylic acids is 2. The summed E-state index contributed by atoms with van der Waals surface area (Å²) in [6.45, 7) is 0. The molecule has 3 aromatic heterocycles. The van der Waals surface area contributed by atoms with Crippen LogP contribution in [0.2, 0.25) is 0 Å². The molecule has 0 bridgehead atoms. The molecular formula is C23H16FN2O5S2-. The number of phenolic OH excluding ortho intramolecular Hbond substituents is 1. The lowest BCUT2D eigenvalue weighted by Crippen LogP contribution is -2.24. The number of phenols is 1. The Labute approximate surface area is 194 Å². The lowest BCUT2D eigenvalue weighted by Gasteiger charge is -2.12. The Balaban J connectivity index is 1.77. The number of aromatic nitrogens is 2. The number of benzene rings is 1. The van der Waals surface area contributed by atoms with E-state index in [2.05, 4.69) is 4.98 Å². The zero-order chi connectivity index (χ0) is 23.3. The van der Waals surface area contributed by atoms with E-state index in [1.807, 2.05) is 0 Å². The average molecular weight is 484 g/mol. The van der Waals surface area contributed by atoms with Crippen molar-refractivity contribution >= 4 is 50.7 Å². The third-order valence-electron chi connectivity index (χ3n) is 5.61. The van der Waals surface area contributed by atoms with Crippen LogP contribution in [0.1, 0.15) is 39.2 Å². The maximum absolute atomic E-state index is 13.7. The highest BCUT2D eigenvalue weighted by atomic mass is 32.2. The number of fused-ring (bicyclic) bond motifs is 4. The lowest BCUT2D eigenvalue weighted by atomic mass is 9.97. The molecule has 3 heterocycles. The quantitative estimate of drug-likeness (QED) is 0.343. The number of hydrogen-bond donors (Lipinski definition) is 1. The minimum absolute atomic E-state index is 0.00315. The molecule has 0 spiro atoms. The molecule has 5 rings (SSSR count). The van der Waals surface area contributed by atoms with Crippen molar-refractivity contribution in [2.24, 2.45) is 0 Å². The van der Waals surface area contributed by atoms with Crippen LogP contribution in [0.5, 0.6) is 5.75 Å². The number of aliphatic carboxylic acids is 1. The van der Waals surface area contributed by atoms with E-state index in [-0.39, 0.29) is 22.3 Å². The first kappa shape index (κ1) is 21.6. The van der Waals surface area contributed by atoms with Crippen LogP contribution in [-0.2, 0) is 17.6 Å². The van der Waals surface area contributed by atoms with Gasteiger partial charge in [0, 0.05) is 22.4 Å². The van der Waals surface area contributed by atoms with Crippen molar-refractivity contribution in [2.75, 3.05) is 5.75 Å². The molecule has 33 heavy (non-hydrogen) atoms. The number of thioether (sulfide) groups is 1. The van der Waals surface area contributed by atoms with Crippen LogP contribution in [0, 0.1) is 5.82 Å². The number of aryl methyl sites for hydroxylation is 2. The molecule has 1 aliphatic carbocycles. The van der Waals surface area contributed by atoms with Gasteiger partial charge in [0.05, 0.1) is 21.8 Å². The molecule has 0 unspecified atom stereocenters. The van der Waals surface area contributed by atoms with Crippen molar-refractivity contribution < 1.29 is 24.2 Å². The normalized spacial score (nSPS) is 13.4. The van der Waals surface area contributed by atoms with E-state index in [1.165, 1.54) is 28.0 Å². The second-order valence-corrected chi connectivity index (χ2v) is 9.85. The van der Waals surface area contributed by atoms with Gasteiger partial charge in [0.15, 0.2) is 11.4 Å². The maximum atomic E-state index is 13.7. The predicted molar refractivity (Wildman–Crippen MR) is 121 cm³/mol. The number of halogens is 1. The summed E-state index contributed by atoms with van der Waals surface area (Å²) in [6, 6.07) is 4.42. The second-order valence-electron chi connectivity index (χ2n) is 7.75. The Bertz CT molecular complexity index is 1530. The summed E-state index contributed by atoms with van der Waals surface area (Å²) in [5.41, 5.74) is 0.605. The number of hydrogen-bond acceptors (Lipinski definition) is 8. The SMILES string of the molecule is O=C([O-])CSc1cc(C(=O)c2cc(F)ccc2O)cn2c(=O)c3c4c(sc3nc12)CCCC4. The highest BCUT2D eigenvalue weighted by Crippen LogP contribution is 2.35. The maximum Gasteiger partial charge on any atom is 0.266 e. The zero-order valence-corrected chi connectivity index (χ0v) is 18.7. The van der Waals surface area contributed by atoms with Gasteiger partial charge in [-0.3, -0.25) is 14.0 Å². The number of pyridine rings is 1. The summed E-state index contributed by atoms with van der Waals surface area (Å²) in [5.74, 6) is -3.53. The Hall–Kier alpha value is -3.24. The summed E-state index contributed by atoms with van der Waals surface area (Å²) in [5, 5.41) is 21.7. The van der Waals surface area contributed by atoms with Crippen LogP contribution < -0.4 is 10.7 Å². The standard InChI is InChI=1S/C23H17FN2O5S2/c24-12-5-6-15(27)14(8-12)20(30)11-7-17(32-10-18(28)29)21-25-22-19(23(31)26(21)9-11)13-3-1-2-4-16(13)33-22/h5-9,27H,1-4,10H2,(H,28,29)/p-1. The van der Waals surface area contributed by atoms with Gasteiger partial charge in [-0.05, 0) is 55.5 Å². The van der Waals surface area contributed by atoms with E-state index in [1.54, 1.807) is 0 Å². The fraction of sp³-hybridized carbons (Fsp3) is 0.217. The van der Waals surface area contributed by atoms with Crippen LogP contribution >= 0.6 is 23.1 Å². The van der Waals surface area contributed by atoms with Gasteiger partial charge in [-0.2, -0.15) is 0 Å². The van der Waals surface area contributed by atoms with Crippen LogP contribution in [-0.4, -0.2) is 32.0 Å². The minimum Gasteiger partial charge on any atom is -0.549 e. The molecule has 4 aromatic rings. The number of aromatic hydroxyl groups is 1. The highest BCUT2D eigenvalue weighted by molar-refractivity contribution is 8.00. The smallest absolute Gasteiger partial charge is 0.266 e. The van der Waals surface area contributed by atoms with Gasteiger partial charge in [-0.25, -0.2) is 9.37 Å². The molecule has 168 valence electrons. The molecule has 0 saturated heterocycles. The first-order valence-electron chi connectivity index (χ1n) is 10.2. The van der Waals surface area contributed by atoms with Crippen LogP contribution in [0.3, 0.4) is 0 Å². The number of rotatable bonds is 5. The number of thiophene rings is 1. The fourth-order valence-corrected chi connectivity index (χ4v) is 6.11. The Morgan fingerprint density at radius 2 is 2.03 bits per heavy atom. The highest BCUT2D eigenvalue weighted by Gasteiger charge is 2.23. The molecule has 1 aromatic carbocycles. The van der Waals surface area contributed by atoms with Gasteiger partial charge in [-0.15, -0.1) is 23.1 Å². The van der Waals surface area contributed by atoms with Crippen molar-refractivity contribution in [3.63, 3.8) is 0 Å². The molecular weight excluding hydrogens is 467 g/mol. The van der Waals surface area contributed by atoms with Gasteiger partial charge in [0.2, 0.25) is 0 Å².